The summed E-state index contributed by atoms with van der Waals surface area (Å²) in [5, 5.41) is 6.13. The van der Waals surface area contributed by atoms with Crippen molar-refractivity contribution in [1.82, 2.24) is 19.8 Å². The lowest BCUT2D eigenvalue weighted by molar-refractivity contribution is 0.179. The van der Waals surface area contributed by atoms with Gasteiger partial charge >= 0.3 is 0 Å². The quantitative estimate of drug-likeness (QED) is 0.771. The molecule has 1 heterocycles. The summed E-state index contributed by atoms with van der Waals surface area (Å²) in [4.78, 5) is 2.40. The van der Waals surface area contributed by atoms with E-state index < -0.39 is 10.0 Å². The monoisotopic (exact) mass is 274 g/mol. The van der Waals surface area contributed by atoms with Gasteiger partial charge in [-0.3, -0.25) is 10.00 Å². The molecule has 7 heteroatoms. The molecule has 1 rings (SSSR count). The second-order valence-corrected chi connectivity index (χ2v) is 6.52. The van der Waals surface area contributed by atoms with Gasteiger partial charge in [0.25, 0.3) is 0 Å². The normalized spacial score (nSPS) is 12.8. The number of hydrogen-bond acceptors (Lipinski definition) is 4. The molecule has 0 radical (unpaired) electrons. The summed E-state index contributed by atoms with van der Waals surface area (Å²) >= 11 is 0. The van der Waals surface area contributed by atoms with Gasteiger partial charge in [0.1, 0.15) is 4.90 Å². The molecule has 0 aliphatic carbocycles. The largest absolute Gasteiger partial charge is 0.297 e. The number of nitrogens with one attached hydrogen (secondary N) is 2. The molecule has 104 valence electrons. The molecular weight excluding hydrogens is 252 g/mol. The van der Waals surface area contributed by atoms with E-state index in [1.54, 1.807) is 0 Å². The highest BCUT2D eigenvalue weighted by molar-refractivity contribution is 7.89. The van der Waals surface area contributed by atoms with Crippen molar-refractivity contribution in [3.63, 3.8) is 0 Å². The van der Waals surface area contributed by atoms with Crippen LogP contribution < -0.4 is 4.72 Å². The van der Waals surface area contributed by atoms with Crippen LogP contribution in [-0.2, 0) is 10.0 Å². The number of H-pyrrole nitrogens is 1. The smallest absolute Gasteiger partial charge is 0.243 e. The highest BCUT2D eigenvalue weighted by Gasteiger charge is 2.17. The average Bonchev–Trinajstić information content (AvgIpc) is 2.76. The fourth-order valence-corrected chi connectivity index (χ4v) is 2.82. The number of sulfonamides is 1. The molecule has 0 bridgehead atoms. The van der Waals surface area contributed by atoms with Crippen LogP contribution >= 0.6 is 0 Å². The van der Waals surface area contributed by atoms with Crippen molar-refractivity contribution in [2.45, 2.75) is 44.7 Å². The maximum Gasteiger partial charge on any atom is 0.243 e. The van der Waals surface area contributed by atoms with Gasteiger partial charge in [0, 0.05) is 31.4 Å². The molecule has 0 fully saturated rings. The predicted molar refractivity (Wildman–Crippen MR) is 70.8 cm³/mol. The zero-order valence-electron chi connectivity index (χ0n) is 11.3. The third-order valence-corrected chi connectivity index (χ3v) is 4.20. The Morgan fingerprint density at radius 3 is 2.39 bits per heavy atom. The maximum atomic E-state index is 11.8. The van der Waals surface area contributed by atoms with E-state index in [0.29, 0.717) is 25.2 Å². The van der Waals surface area contributed by atoms with E-state index in [4.69, 9.17) is 0 Å². The van der Waals surface area contributed by atoms with Crippen LogP contribution in [0.5, 0.6) is 0 Å². The minimum Gasteiger partial charge on any atom is -0.297 e. The maximum absolute atomic E-state index is 11.8. The summed E-state index contributed by atoms with van der Waals surface area (Å²) in [7, 11) is -3.43. The molecule has 0 amide bonds. The van der Waals surface area contributed by atoms with Crippen molar-refractivity contribution < 1.29 is 8.42 Å². The Kier molecular flexibility index (Phi) is 5.30. The van der Waals surface area contributed by atoms with Crippen LogP contribution in [0.3, 0.4) is 0 Å². The number of nitrogens with zero attached hydrogens (tertiary/aromatic N) is 2. The number of hydrogen-bond donors (Lipinski definition) is 2. The fraction of sp³-hybridized carbons (Fsp3) is 0.727. The van der Waals surface area contributed by atoms with Crippen LogP contribution in [0.25, 0.3) is 0 Å². The van der Waals surface area contributed by atoms with E-state index in [1.807, 2.05) is 0 Å². The highest BCUT2D eigenvalue weighted by Crippen LogP contribution is 2.06. The van der Waals surface area contributed by atoms with Crippen molar-refractivity contribution in [3.8, 4) is 0 Å². The van der Waals surface area contributed by atoms with Crippen molar-refractivity contribution >= 4 is 10.0 Å². The molecule has 1 aromatic rings. The van der Waals surface area contributed by atoms with Crippen molar-refractivity contribution in [2.24, 2.45) is 0 Å². The van der Waals surface area contributed by atoms with Gasteiger partial charge in [0.2, 0.25) is 10.0 Å². The van der Waals surface area contributed by atoms with Crippen LogP contribution in [0.2, 0.25) is 0 Å². The molecule has 0 atom stereocenters. The molecule has 18 heavy (non-hydrogen) atoms. The van der Waals surface area contributed by atoms with Gasteiger partial charge in [-0.1, -0.05) is 0 Å². The fourth-order valence-electron chi connectivity index (χ4n) is 1.89. The zero-order chi connectivity index (χ0) is 13.8. The van der Waals surface area contributed by atoms with Gasteiger partial charge in [-0.05, 0) is 27.7 Å². The first kappa shape index (κ1) is 15.1. The molecule has 0 aliphatic rings. The van der Waals surface area contributed by atoms with Gasteiger partial charge in [-0.25, -0.2) is 13.1 Å². The number of rotatable bonds is 7. The third kappa shape index (κ3) is 4.08. The van der Waals surface area contributed by atoms with Crippen LogP contribution in [0.1, 0.15) is 27.7 Å². The zero-order valence-corrected chi connectivity index (χ0v) is 12.2. The van der Waals surface area contributed by atoms with Crippen LogP contribution in [-0.4, -0.2) is 48.7 Å². The van der Waals surface area contributed by atoms with E-state index in [2.05, 4.69) is 47.5 Å². The predicted octanol–water partition coefficient (Wildman–Crippen LogP) is 0.807. The number of aromatic amines is 1. The molecule has 0 aromatic carbocycles. The topological polar surface area (TPSA) is 78.1 Å². The summed E-state index contributed by atoms with van der Waals surface area (Å²) in [5.41, 5.74) is 0. The minimum absolute atomic E-state index is 0.170. The van der Waals surface area contributed by atoms with Crippen molar-refractivity contribution in [3.05, 3.63) is 12.4 Å². The van der Waals surface area contributed by atoms with E-state index in [1.165, 1.54) is 12.4 Å². The molecule has 0 saturated heterocycles. The lowest BCUT2D eigenvalue weighted by atomic mass is 10.2. The average molecular weight is 274 g/mol. The van der Waals surface area contributed by atoms with E-state index in [-0.39, 0.29) is 4.90 Å². The van der Waals surface area contributed by atoms with E-state index in [9.17, 15) is 8.42 Å². The minimum atomic E-state index is -3.43. The number of aromatic nitrogens is 2. The first-order valence-corrected chi connectivity index (χ1v) is 7.57. The Morgan fingerprint density at radius 2 is 1.94 bits per heavy atom. The summed E-state index contributed by atoms with van der Waals surface area (Å²) in [5.74, 6) is 0. The molecule has 2 N–H and O–H groups in total. The summed E-state index contributed by atoms with van der Waals surface area (Å²) in [6.07, 6.45) is 2.66. The molecule has 0 spiro atoms. The molecule has 0 aliphatic heterocycles. The second-order valence-electron chi connectivity index (χ2n) is 4.76. The Labute approximate surface area is 109 Å². The Bertz CT molecular complexity index is 432. The molecule has 1 aromatic heterocycles. The molecular formula is C11H22N4O2S. The summed E-state index contributed by atoms with van der Waals surface area (Å²) in [6, 6.07) is 0.784. The van der Waals surface area contributed by atoms with Crippen LogP contribution in [0, 0.1) is 0 Å². The van der Waals surface area contributed by atoms with Gasteiger partial charge < -0.3 is 0 Å². The van der Waals surface area contributed by atoms with Gasteiger partial charge in [-0.2, -0.15) is 5.10 Å². The lowest BCUT2D eigenvalue weighted by Gasteiger charge is -2.30. The molecule has 6 nitrogen and oxygen atoms in total. The third-order valence-electron chi connectivity index (χ3n) is 2.77. The Balaban J connectivity index is 2.51. The molecule has 0 unspecified atom stereocenters. The first-order chi connectivity index (χ1) is 8.34. The Hall–Kier alpha value is -0.920. The van der Waals surface area contributed by atoms with Gasteiger partial charge in [-0.15, -0.1) is 0 Å². The first-order valence-electron chi connectivity index (χ1n) is 6.08. The van der Waals surface area contributed by atoms with Crippen LogP contribution in [0.4, 0.5) is 0 Å². The standard InChI is InChI=1S/C11H22N4O2S/c1-9(2)15(10(3)4)6-5-14-18(16,17)11-7-12-13-8-11/h7-10,14H,5-6H2,1-4H3,(H,12,13). The SMILES string of the molecule is CC(C)N(CCNS(=O)(=O)c1cn[nH]c1)C(C)C. The van der Waals surface area contributed by atoms with Crippen LogP contribution in [0.15, 0.2) is 17.3 Å². The second kappa shape index (κ2) is 6.31. The highest BCUT2D eigenvalue weighted by atomic mass is 32.2. The van der Waals surface area contributed by atoms with Gasteiger partial charge in [0.05, 0.1) is 6.20 Å². The van der Waals surface area contributed by atoms with Gasteiger partial charge in [0.15, 0.2) is 0 Å². The summed E-state index contributed by atoms with van der Waals surface area (Å²) < 4.78 is 26.2. The Morgan fingerprint density at radius 1 is 1.33 bits per heavy atom. The van der Waals surface area contributed by atoms with Crippen molar-refractivity contribution in [2.75, 3.05) is 13.1 Å². The summed E-state index contributed by atoms with van der Waals surface area (Å²) in [6.45, 7) is 9.49. The molecule has 0 saturated carbocycles. The van der Waals surface area contributed by atoms with E-state index >= 15 is 0 Å². The lowest BCUT2D eigenvalue weighted by Crippen LogP contribution is -2.42. The van der Waals surface area contributed by atoms with Crippen molar-refractivity contribution in [1.29, 1.82) is 0 Å². The van der Waals surface area contributed by atoms with E-state index in [0.717, 1.165) is 0 Å².